The van der Waals surface area contributed by atoms with Gasteiger partial charge in [-0.2, -0.15) is 0 Å². The van der Waals surface area contributed by atoms with Crippen molar-refractivity contribution in [3.63, 3.8) is 0 Å². The molecule has 12 aromatic heterocycles. The molecule has 118 heavy (non-hydrogen) atoms. The molecule has 15 heterocycles. The number of thiazole rings is 6. The number of ketones is 6. The number of nitrogens with zero attached hydrogens (tertiary/aromatic N) is 10. The molecule has 3 aliphatic rings. The van der Waals surface area contributed by atoms with Crippen molar-refractivity contribution in [3.05, 3.63) is 272 Å². The van der Waals surface area contributed by atoms with Crippen LogP contribution < -0.4 is 0 Å². The molecule has 3 aliphatic heterocycles. The van der Waals surface area contributed by atoms with E-state index in [-0.39, 0.29) is 66.3 Å². The Balaban J connectivity index is 0.000000115. The van der Waals surface area contributed by atoms with Gasteiger partial charge in [-0.15, -0.1) is 79.8 Å². The fraction of sp³-hybridized carbons (Fsp3) is 0.133. The first-order chi connectivity index (χ1) is 57.2. The molecular weight excluding hydrogens is 1640 g/mol. The number of aromatic amines is 5. The van der Waals surface area contributed by atoms with Crippen LogP contribution in [0.4, 0.5) is 0 Å². The molecule has 0 saturated carbocycles. The molecule has 20 rings (SSSR count). The lowest BCUT2D eigenvalue weighted by molar-refractivity contribution is -0.142. The van der Waals surface area contributed by atoms with Gasteiger partial charge in [0.25, 0.3) is 0 Å². The standard InChI is InChI=1S/C18H13N3O2S2.C17H11N3O4S.C17H13N3O4S.C15H11N3O2S.C15H11N3OS2.CH4/c1-2-14(22)15-8-20-17(25-15)13-9-24-18(21-13)16(23)11-7-19-12-6-4-3-5-10(11)12;1-23-17(22)13-7-19-15(24-13)12-8-25-16(20-12)14(21)10-6-18-11-5-3-2-4-9(10)11;1-23-17(22)12-7-24-15(19-12)13-8-25-16(20-13)14(21)10-6-18-11-5-3-2-4-9(10)11;2*19-13(10-7-17-11-4-2-1-3-9(10)11)15-18-12(8-21-15)14-16-5-6-20-14;/h3-9,19H,2H2,1H3;2-8,18H,1H3;2-6,8,12,18H,7H2,1H3;2*1-4,7-8,17H,5-6H2;1H4. The number of aliphatic imine (C=N–C) groups is 3. The summed E-state index contributed by atoms with van der Waals surface area (Å²) in [5.41, 5.74) is 10.6. The number of aromatic nitrogens is 12. The van der Waals surface area contributed by atoms with Crippen molar-refractivity contribution in [3.8, 4) is 22.3 Å². The fourth-order valence-corrected chi connectivity index (χ4v) is 17.9. The van der Waals surface area contributed by atoms with Gasteiger partial charge in [0.05, 0.1) is 59.7 Å². The molecule has 1 unspecified atom stereocenters. The van der Waals surface area contributed by atoms with E-state index in [1.54, 1.807) is 65.1 Å². The molecule has 1 atom stereocenters. The Morgan fingerprint density at radius 2 is 0.864 bits per heavy atom. The van der Waals surface area contributed by atoms with Gasteiger partial charge in [0.1, 0.15) is 51.7 Å². The Morgan fingerprint density at radius 1 is 0.458 bits per heavy atom. The van der Waals surface area contributed by atoms with Crippen molar-refractivity contribution in [2.24, 2.45) is 15.0 Å². The van der Waals surface area contributed by atoms with Crippen LogP contribution >= 0.6 is 79.8 Å². The summed E-state index contributed by atoms with van der Waals surface area (Å²) in [6.07, 6.45) is 11.9. The first kappa shape index (κ1) is 79.9. The first-order valence-corrected chi connectivity index (χ1v) is 41.9. The molecule has 5 N–H and O–H groups in total. The number of methoxy groups -OCH3 is 2. The minimum absolute atomic E-state index is 0. The Morgan fingerprint density at radius 3 is 1.28 bits per heavy atom. The average molecular weight is 1700 g/mol. The van der Waals surface area contributed by atoms with Gasteiger partial charge in [-0.1, -0.05) is 105 Å². The lowest BCUT2D eigenvalue weighted by Gasteiger charge is -2.00. The predicted octanol–water partition coefficient (Wildman–Crippen LogP) is 16.7. The van der Waals surface area contributed by atoms with Gasteiger partial charge in [-0.05, 0) is 30.3 Å². The Bertz CT molecular complexity index is 6450. The van der Waals surface area contributed by atoms with Gasteiger partial charge in [0.2, 0.25) is 52.4 Å². The van der Waals surface area contributed by atoms with E-state index in [1.165, 1.54) is 88.4 Å². The molecule has 5 aromatic carbocycles. The quantitative estimate of drug-likeness (QED) is 0.0371. The number of ether oxygens (including phenoxy) is 4. The third kappa shape index (κ3) is 16.9. The number of thioether (sulfide) groups is 1. The van der Waals surface area contributed by atoms with E-state index in [0.717, 1.165) is 77.5 Å². The van der Waals surface area contributed by atoms with Crippen LogP contribution in [0.25, 0.3) is 76.8 Å². The molecule has 28 nitrogen and oxygen atoms in total. The molecule has 35 heteroatoms. The third-order valence-electron chi connectivity index (χ3n) is 18.0. The molecule has 0 aliphatic carbocycles. The van der Waals surface area contributed by atoms with Gasteiger partial charge in [0.15, 0.2) is 36.9 Å². The number of benzene rings is 5. The molecule has 17 aromatic rings. The minimum atomic E-state index is -0.686. The summed E-state index contributed by atoms with van der Waals surface area (Å²) < 4.78 is 25.3. The topological polar surface area (TPSA) is 393 Å². The van der Waals surface area contributed by atoms with Gasteiger partial charge in [-0.3, -0.25) is 33.8 Å². The maximum Gasteiger partial charge on any atom is 0.375 e. The summed E-state index contributed by atoms with van der Waals surface area (Å²) >= 11 is 9.40. The number of rotatable bonds is 19. The van der Waals surface area contributed by atoms with Crippen LogP contribution in [-0.2, 0) is 23.7 Å². The van der Waals surface area contributed by atoms with Crippen LogP contribution in [0.1, 0.15) is 135 Å². The minimum Gasteiger partial charge on any atom is -0.474 e. The summed E-state index contributed by atoms with van der Waals surface area (Å²) in [7, 11) is 2.56. The van der Waals surface area contributed by atoms with Gasteiger partial charge >= 0.3 is 11.9 Å². The second-order valence-electron chi connectivity index (χ2n) is 25.3. The van der Waals surface area contributed by atoms with E-state index >= 15 is 0 Å². The maximum atomic E-state index is 12.8. The summed E-state index contributed by atoms with van der Waals surface area (Å²) in [5, 5.41) is 17.0. The number of nitrogens with one attached hydrogen (secondary N) is 5. The van der Waals surface area contributed by atoms with Crippen molar-refractivity contribution in [2.45, 2.75) is 26.8 Å². The Hall–Kier alpha value is -13.3. The Labute approximate surface area is 696 Å². The van der Waals surface area contributed by atoms with Crippen LogP contribution in [0.2, 0.25) is 0 Å². The van der Waals surface area contributed by atoms with Crippen LogP contribution in [0.3, 0.4) is 0 Å². The van der Waals surface area contributed by atoms with Crippen molar-refractivity contribution < 1.29 is 61.7 Å². The zero-order valence-corrected chi connectivity index (χ0v) is 67.1. The first-order valence-electron chi connectivity index (χ1n) is 35.7. The molecule has 590 valence electrons. The molecule has 0 radical (unpaired) electrons. The molecule has 0 fully saturated rings. The highest BCUT2D eigenvalue weighted by Crippen LogP contribution is 2.33. The number of fused-ring (bicyclic) bond motifs is 5. The number of hydrogen-bond donors (Lipinski definition) is 5. The number of esters is 2. The van der Waals surface area contributed by atoms with Gasteiger partial charge in [-0.25, -0.2) is 54.5 Å². The smallest absolute Gasteiger partial charge is 0.375 e. The number of hydrogen-bond acceptors (Lipinski definition) is 30. The van der Waals surface area contributed by atoms with Crippen molar-refractivity contribution >= 4 is 198 Å². The van der Waals surface area contributed by atoms with Crippen LogP contribution in [-0.4, -0.2) is 176 Å². The van der Waals surface area contributed by atoms with Crippen LogP contribution in [0.5, 0.6) is 0 Å². The highest BCUT2D eigenvalue weighted by Gasteiger charge is 2.31. The highest BCUT2D eigenvalue weighted by atomic mass is 32.2. The molecular formula is C83H63N15O13S7. The number of oxazole rings is 1. The zero-order chi connectivity index (χ0) is 80.6. The number of carbonyl (C=O) groups excluding carboxylic acids is 8. The van der Waals surface area contributed by atoms with E-state index in [9.17, 15) is 38.4 Å². The SMILES string of the molecule is C.CCC(=O)c1cnc(-c2csc(C(=O)c3c[nH]c4ccccc34)n2)s1.COC(=O)C1COC(c2csc(C(=O)c3c[nH]c4ccccc34)n2)=N1.COC(=O)c1cnc(-c2csc(C(=O)c3c[nH]c4ccccc34)n2)o1.O=C(c1nc(C2=NCCO2)cs1)c1c[nH]c2ccccc12.O=C(c1nc(C2=NCCS2)cs1)c1c[nH]c2ccccc12. The second kappa shape index (κ2) is 35.8. The summed E-state index contributed by atoms with van der Waals surface area (Å²) in [5.74, 6) is 0.324. The van der Waals surface area contributed by atoms with Crippen LogP contribution in [0.15, 0.2) is 211 Å². The van der Waals surface area contributed by atoms with Gasteiger partial charge in [0, 0.05) is 137 Å². The molecule has 0 amide bonds. The third-order valence-corrected chi connectivity index (χ3v) is 24.3. The Kier molecular flexibility index (Phi) is 24.3. The lowest BCUT2D eigenvalue weighted by Crippen LogP contribution is -2.21. The van der Waals surface area contributed by atoms with E-state index in [4.69, 9.17) is 13.9 Å². The highest BCUT2D eigenvalue weighted by molar-refractivity contribution is 8.14. The second-order valence-corrected chi connectivity index (χ2v) is 31.7. The van der Waals surface area contributed by atoms with E-state index in [2.05, 4.69) is 84.3 Å². The monoisotopic (exact) mass is 1700 g/mol. The normalized spacial score (nSPS) is 13.3. The molecule has 0 bridgehead atoms. The lowest BCUT2D eigenvalue weighted by atomic mass is 10.1. The van der Waals surface area contributed by atoms with Crippen LogP contribution in [0, 0.1) is 0 Å². The molecule has 0 saturated heterocycles. The van der Waals surface area contributed by atoms with Crippen molar-refractivity contribution in [2.75, 3.05) is 46.3 Å². The predicted molar refractivity (Wildman–Crippen MR) is 458 cm³/mol. The van der Waals surface area contributed by atoms with E-state index in [1.807, 2.05) is 139 Å². The number of carbonyl (C=O) groups is 8. The molecule has 0 spiro atoms. The number of H-pyrrole nitrogens is 5. The van der Waals surface area contributed by atoms with Gasteiger partial charge < -0.3 is 48.3 Å². The largest absolute Gasteiger partial charge is 0.474 e. The summed E-state index contributed by atoms with van der Waals surface area (Å²) in [6, 6.07) is 37.7. The van der Waals surface area contributed by atoms with Crippen molar-refractivity contribution in [1.29, 1.82) is 0 Å². The fourth-order valence-electron chi connectivity index (χ4n) is 12.3. The van der Waals surface area contributed by atoms with E-state index < -0.39 is 18.0 Å². The van der Waals surface area contributed by atoms with Crippen molar-refractivity contribution in [1.82, 2.24) is 59.8 Å². The number of para-hydroxylation sites is 5. The van der Waals surface area contributed by atoms with E-state index in [0.29, 0.717) is 111 Å². The maximum absolute atomic E-state index is 12.8. The summed E-state index contributed by atoms with van der Waals surface area (Å²) in [4.78, 5) is 157. The zero-order valence-electron chi connectivity index (χ0n) is 61.4. The average Bonchev–Trinajstić information content (AvgIpc) is 1.65. The summed E-state index contributed by atoms with van der Waals surface area (Å²) in [6.45, 7) is 4.01. The number of Topliss-reactive ketones (excluding diaryl/α,β-unsaturated/α-hetero) is 1.